The maximum atomic E-state index is 12.7. The fourth-order valence-electron chi connectivity index (χ4n) is 2.51. The number of Topliss-reactive ketones (excluding diaryl/α,β-unsaturated/α-hetero) is 1. The van der Waals surface area contributed by atoms with Crippen LogP contribution >= 0.6 is 23.2 Å². The number of hydrogen-bond acceptors (Lipinski definition) is 8. The second kappa shape index (κ2) is 10.8. The second-order valence-corrected chi connectivity index (χ2v) is 6.86. The fourth-order valence-corrected chi connectivity index (χ4v) is 3.01. The van der Waals surface area contributed by atoms with Gasteiger partial charge in [-0.2, -0.15) is 5.11 Å². The van der Waals surface area contributed by atoms with Gasteiger partial charge in [0, 0.05) is 30.0 Å². The maximum absolute atomic E-state index is 12.7. The number of hydrogen-bond donors (Lipinski definition) is 1. The number of nitrogens with one attached hydrogen (secondary N) is 1. The molecule has 9 nitrogen and oxygen atoms in total. The molecule has 0 radical (unpaired) electrons. The molecule has 0 aliphatic heterocycles. The highest BCUT2D eigenvalue weighted by Gasteiger charge is 2.25. The van der Waals surface area contributed by atoms with Crippen LogP contribution < -0.4 is 24.3 Å². The minimum Gasteiger partial charge on any atom is -0.497 e. The highest BCUT2D eigenvalue weighted by Crippen LogP contribution is 2.40. The van der Waals surface area contributed by atoms with Crippen molar-refractivity contribution >= 4 is 46.3 Å². The van der Waals surface area contributed by atoms with Crippen molar-refractivity contribution in [2.45, 2.75) is 13.0 Å². The SMILES string of the molecule is COc1cc(Cl)c(N=NC(C(C)=O)C(=O)Nc2cc(OC)c(Cl)c(OC)c2)c(OC)c1. The van der Waals surface area contributed by atoms with E-state index in [1.54, 1.807) is 6.07 Å². The zero-order valence-corrected chi connectivity index (χ0v) is 19.0. The van der Waals surface area contributed by atoms with Gasteiger partial charge in [0.15, 0.2) is 11.5 Å². The van der Waals surface area contributed by atoms with Crippen molar-refractivity contribution < 1.29 is 28.5 Å². The predicted octanol–water partition coefficient (Wildman–Crippen LogP) is 4.71. The summed E-state index contributed by atoms with van der Waals surface area (Å²) >= 11 is 12.3. The molecule has 0 aliphatic carbocycles. The molecule has 2 aromatic rings. The Morgan fingerprint density at radius 2 is 1.48 bits per heavy atom. The number of benzene rings is 2. The number of azo groups is 1. The van der Waals surface area contributed by atoms with Crippen LogP contribution in [0.3, 0.4) is 0 Å². The Morgan fingerprint density at radius 3 is 1.97 bits per heavy atom. The lowest BCUT2D eigenvalue weighted by molar-refractivity contribution is -0.126. The van der Waals surface area contributed by atoms with E-state index in [9.17, 15) is 9.59 Å². The number of amides is 1. The summed E-state index contributed by atoms with van der Waals surface area (Å²) in [4.78, 5) is 24.8. The Balaban J connectivity index is 2.34. The van der Waals surface area contributed by atoms with Crippen LogP contribution in [0.25, 0.3) is 0 Å². The molecule has 1 N–H and O–H groups in total. The van der Waals surface area contributed by atoms with E-state index in [2.05, 4.69) is 15.5 Å². The van der Waals surface area contributed by atoms with Crippen LogP contribution in [0.2, 0.25) is 10.0 Å². The first-order chi connectivity index (χ1) is 14.7. The van der Waals surface area contributed by atoms with Crippen molar-refractivity contribution in [2.24, 2.45) is 10.2 Å². The second-order valence-electron chi connectivity index (χ2n) is 6.07. The molecule has 2 aromatic carbocycles. The van der Waals surface area contributed by atoms with E-state index >= 15 is 0 Å². The van der Waals surface area contributed by atoms with Gasteiger partial charge in [-0.05, 0) is 6.92 Å². The number of ketones is 1. The first-order valence-corrected chi connectivity index (χ1v) is 9.56. The number of nitrogens with zero attached hydrogens (tertiary/aromatic N) is 2. The highest BCUT2D eigenvalue weighted by molar-refractivity contribution is 6.34. The van der Waals surface area contributed by atoms with Crippen molar-refractivity contribution in [3.05, 3.63) is 34.3 Å². The zero-order valence-electron chi connectivity index (χ0n) is 17.5. The number of carbonyl (C=O) groups excluding carboxylic acids is 2. The molecular weight excluding hydrogens is 449 g/mol. The molecule has 11 heteroatoms. The summed E-state index contributed by atoms with van der Waals surface area (Å²) in [5, 5.41) is 10.9. The van der Waals surface area contributed by atoms with Gasteiger partial charge in [-0.3, -0.25) is 9.59 Å². The molecule has 0 aromatic heterocycles. The van der Waals surface area contributed by atoms with Gasteiger partial charge in [0.1, 0.15) is 28.0 Å². The number of halogens is 2. The maximum Gasteiger partial charge on any atom is 0.258 e. The Bertz CT molecular complexity index is 988. The minimum absolute atomic E-state index is 0.152. The Labute approximate surface area is 189 Å². The van der Waals surface area contributed by atoms with E-state index in [0.717, 1.165) is 0 Å². The molecule has 0 heterocycles. The number of carbonyl (C=O) groups is 2. The lowest BCUT2D eigenvalue weighted by Gasteiger charge is -2.14. The third kappa shape index (κ3) is 5.77. The van der Waals surface area contributed by atoms with Gasteiger partial charge in [0.05, 0.1) is 33.5 Å². The largest absolute Gasteiger partial charge is 0.497 e. The zero-order chi connectivity index (χ0) is 23.1. The smallest absolute Gasteiger partial charge is 0.258 e. The van der Waals surface area contributed by atoms with E-state index in [1.807, 2.05) is 0 Å². The predicted molar refractivity (Wildman–Crippen MR) is 117 cm³/mol. The number of anilines is 1. The van der Waals surface area contributed by atoms with Crippen LogP contribution in [0.1, 0.15) is 6.92 Å². The number of methoxy groups -OCH3 is 4. The van der Waals surface area contributed by atoms with Crippen molar-refractivity contribution in [2.75, 3.05) is 33.8 Å². The lowest BCUT2D eigenvalue weighted by Crippen LogP contribution is -2.31. The van der Waals surface area contributed by atoms with Gasteiger partial charge in [-0.25, -0.2) is 0 Å². The highest BCUT2D eigenvalue weighted by atomic mass is 35.5. The van der Waals surface area contributed by atoms with Crippen LogP contribution in [0.5, 0.6) is 23.0 Å². The molecule has 166 valence electrons. The molecule has 0 saturated heterocycles. The molecular formula is C20H21Cl2N3O6. The van der Waals surface area contributed by atoms with Crippen molar-refractivity contribution in [1.82, 2.24) is 0 Å². The van der Waals surface area contributed by atoms with Crippen LogP contribution in [-0.2, 0) is 9.59 Å². The summed E-state index contributed by atoms with van der Waals surface area (Å²) in [6.07, 6.45) is 0. The third-order valence-corrected chi connectivity index (χ3v) is 4.74. The minimum atomic E-state index is -1.43. The molecule has 0 fully saturated rings. The molecule has 1 atom stereocenters. The van der Waals surface area contributed by atoms with Gasteiger partial charge in [-0.15, -0.1) is 5.11 Å². The first kappa shape index (κ1) is 24.2. The molecule has 0 aliphatic rings. The van der Waals surface area contributed by atoms with Crippen LogP contribution in [-0.4, -0.2) is 46.2 Å². The summed E-state index contributed by atoms with van der Waals surface area (Å²) in [6.45, 7) is 1.22. The Hall–Kier alpha value is -3.04. The first-order valence-electron chi connectivity index (χ1n) is 8.80. The van der Waals surface area contributed by atoms with Crippen molar-refractivity contribution in [1.29, 1.82) is 0 Å². The van der Waals surface area contributed by atoms with E-state index < -0.39 is 17.7 Å². The van der Waals surface area contributed by atoms with E-state index in [1.165, 1.54) is 53.6 Å². The molecule has 0 spiro atoms. The lowest BCUT2D eigenvalue weighted by atomic mass is 10.2. The van der Waals surface area contributed by atoms with Crippen molar-refractivity contribution in [3.8, 4) is 23.0 Å². The Kier molecular flexibility index (Phi) is 8.47. The number of rotatable bonds is 9. The molecule has 31 heavy (non-hydrogen) atoms. The average molecular weight is 470 g/mol. The summed E-state index contributed by atoms with van der Waals surface area (Å²) in [7, 11) is 5.74. The van der Waals surface area contributed by atoms with Gasteiger partial charge in [0.2, 0.25) is 6.04 Å². The quantitative estimate of drug-likeness (QED) is 0.420. The van der Waals surface area contributed by atoms with E-state index in [-0.39, 0.29) is 33.0 Å². The van der Waals surface area contributed by atoms with Gasteiger partial charge in [0.25, 0.3) is 5.91 Å². The normalized spacial score (nSPS) is 11.7. The molecule has 2 rings (SSSR count). The standard InChI is InChI=1S/C20H21Cl2N3O6/c1-10(26)18(24-25-19-13(21)8-12(28-2)9-16(19)31-5)20(27)23-11-6-14(29-3)17(22)15(7-11)30-4/h6-9,18H,1-5H3,(H,23,27). The van der Waals surface area contributed by atoms with Gasteiger partial charge < -0.3 is 24.3 Å². The van der Waals surface area contributed by atoms with Crippen LogP contribution in [0.4, 0.5) is 11.4 Å². The summed E-state index contributed by atoms with van der Waals surface area (Å²) in [5.74, 6) is 0.0402. The van der Waals surface area contributed by atoms with Gasteiger partial charge >= 0.3 is 0 Å². The number of ether oxygens (including phenoxy) is 4. The van der Waals surface area contributed by atoms with Crippen LogP contribution in [0, 0.1) is 0 Å². The average Bonchev–Trinajstić information content (AvgIpc) is 2.75. The third-order valence-electron chi connectivity index (χ3n) is 4.08. The molecule has 0 saturated carbocycles. The summed E-state index contributed by atoms with van der Waals surface area (Å²) in [5.41, 5.74) is 0.448. The Morgan fingerprint density at radius 1 is 0.903 bits per heavy atom. The fraction of sp³-hybridized carbons (Fsp3) is 0.300. The monoisotopic (exact) mass is 469 g/mol. The van der Waals surface area contributed by atoms with Crippen LogP contribution in [0.15, 0.2) is 34.5 Å². The molecule has 1 unspecified atom stereocenters. The van der Waals surface area contributed by atoms with E-state index in [4.69, 9.17) is 42.1 Å². The van der Waals surface area contributed by atoms with Crippen molar-refractivity contribution in [3.63, 3.8) is 0 Å². The van der Waals surface area contributed by atoms with Gasteiger partial charge in [-0.1, -0.05) is 23.2 Å². The molecule has 0 bridgehead atoms. The van der Waals surface area contributed by atoms with E-state index in [0.29, 0.717) is 11.4 Å². The summed E-state index contributed by atoms with van der Waals surface area (Å²) < 4.78 is 20.7. The summed E-state index contributed by atoms with van der Waals surface area (Å²) in [6, 6.07) is 4.60. The topological polar surface area (TPSA) is 108 Å². The molecule has 1 amide bonds.